The molecule has 1 N–H and O–H groups in total. The number of aromatic nitrogens is 2. The average Bonchev–Trinajstić information content (AvgIpc) is 3.46. The van der Waals surface area contributed by atoms with Crippen LogP contribution in [-0.4, -0.2) is 20.8 Å². The molecular formula is C25H17N3O2. The SMILES string of the molecule is O=C1NCc2c1c1c3ccccc3n3c1c1c2c2ccccc2n1[C@@H]1CC(=O)[C@H]3C1. The van der Waals surface area contributed by atoms with E-state index in [0.717, 1.165) is 39.4 Å². The van der Waals surface area contributed by atoms with E-state index in [2.05, 4.69) is 50.8 Å². The number of nitrogens with zero attached hydrogens (tertiary/aromatic N) is 2. The van der Waals surface area contributed by atoms with Crippen molar-refractivity contribution < 1.29 is 9.59 Å². The monoisotopic (exact) mass is 391 g/mol. The molecule has 0 saturated heterocycles. The summed E-state index contributed by atoms with van der Waals surface area (Å²) in [4.78, 5) is 26.2. The Kier molecular flexibility index (Phi) is 2.42. The normalized spacial score (nSPS) is 22.0. The Labute approximate surface area is 170 Å². The Balaban J connectivity index is 1.81. The second-order valence-corrected chi connectivity index (χ2v) is 8.83. The maximum Gasteiger partial charge on any atom is 0.252 e. The highest BCUT2D eigenvalue weighted by Crippen LogP contribution is 2.52. The Hall–Kier alpha value is -3.60. The van der Waals surface area contributed by atoms with Gasteiger partial charge in [-0.3, -0.25) is 9.59 Å². The molecule has 1 aliphatic carbocycles. The van der Waals surface area contributed by atoms with Crippen LogP contribution in [-0.2, 0) is 11.3 Å². The van der Waals surface area contributed by atoms with E-state index in [-0.39, 0.29) is 18.0 Å². The first-order chi connectivity index (χ1) is 14.7. The van der Waals surface area contributed by atoms with Gasteiger partial charge in [0.1, 0.15) is 0 Å². The molecule has 4 heterocycles. The van der Waals surface area contributed by atoms with Gasteiger partial charge in [0.15, 0.2) is 5.78 Å². The molecular weight excluding hydrogens is 374 g/mol. The fourth-order valence-electron chi connectivity index (χ4n) is 6.50. The van der Waals surface area contributed by atoms with Crippen molar-refractivity contribution in [1.29, 1.82) is 0 Å². The van der Waals surface area contributed by atoms with Gasteiger partial charge in [-0.25, -0.2) is 0 Å². The number of hydrogen-bond donors (Lipinski definition) is 1. The number of rotatable bonds is 0. The van der Waals surface area contributed by atoms with Crippen molar-refractivity contribution in [2.24, 2.45) is 0 Å². The first kappa shape index (κ1) is 15.3. The number of nitrogens with one attached hydrogen (secondary N) is 1. The van der Waals surface area contributed by atoms with E-state index in [1.165, 1.54) is 21.8 Å². The van der Waals surface area contributed by atoms with E-state index in [0.29, 0.717) is 18.7 Å². The maximum absolute atomic E-state index is 13.2. The molecule has 1 amide bonds. The standard InChI is InChI=1S/C25H17N3O2/c29-19-10-12-9-18(19)28-17-8-4-2-6-14(17)21-22-15(11-26-25(22)30)20-13-5-1-3-7-16(13)27(12)23(20)24(21)28/h1-8,12,18H,9-11H2,(H,26,30)/t12-,18+/m0/s1. The van der Waals surface area contributed by atoms with Crippen molar-refractivity contribution in [2.45, 2.75) is 31.5 Å². The van der Waals surface area contributed by atoms with Crippen molar-refractivity contribution in [1.82, 2.24) is 14.5 Å². The second-order valence-electron chi connectivity index (χ2n) is 8.83. The highest BCUT2D eigenvalue weighted by Gasteiger charge is 2.43. The molecule has 0 unspecified atom stereocenters. The van der Waals surface area contributed by atoms with E-state index >= 15 is 0 Å². The number of hydrogen-bond acceptors (Lipinski definition) is 2. The summed E-state index contributed by atoms with van der Waals surface area (Å²) < 4.78 is 4.67. The fraction of sp³-hybridized carbons (Fsp3) is 0.200. The number of benzene rings is 3. The van der Waals surface area contributed by atoms with Gasteiger partial charge in [0.05, 0.1) is 22.6 Å². The summed E-state index contributed by atoms with van der Waals surface area (Å²) in [5.74, 6) is 0.288. The minimum absolute atomic E-state index is 0.00707. The van der Waals surface area contributed by atoms with Crippen LogP contribution in [0.3, 0.4) is 0 Å². The largest absolute Gasteiger partial charge is 0.348 e. The summed E-state index contributed by atoms with van der Waals surface area (Å²) in [5, 5.41) is 7.50. The van der Waals surface area contributed by atoms with Gasteiger partial charge in [-0.05, 0) is 24.1 Å². The molecule has 8 rings (SSSR count). The van der Waals surface area contributed by atoms with Gasteiger partial charge in [0.25, 0.3) is 5.91 Å². The van der Waals surface area contributed by atoms with Crippen molar-refractivity contribution in [3.63, 3.8) is 0 Å². The zero-order valence-corrected chi connectivity index (χ0v) is 16.1. The Morgan fingerprint density at radius 2 is 1.50 bits per heavy atom. The fourth-order valence-corrected chi connectivity index (χ4v) is 6.50. The molecule has 1 saturated carbocycles. The lowest BCUT2D eigenvalue weighted by molar-refractivity contribution is -0.120. The van der Waals surface area contributed by atoms with Crippen LogP contribution in [0, 0.1) is 0 Å². The Morgan fingerprint density at radius 1 is 0.833 bits per heavy atom. The molecule has 0 radical (unpaired) electrons. The molecule has 2 aliphatic heterocycles. The van der Waals surface area contributed by atoms with Gasteiger partial charge < -0.3 is 14.5 Å². The number of Topliss-reactive ketones (excluding diaryl/α,β-unsaturated/α-hetero) is 1. The van der Waals surface area contributed by atoms with Gasteiger partial charge in [-0.15, -0.1) is 0 Å². The van der Waals surface area contributed by atoms with Crippen LogP contribution >= 0.6 is 0 Å². The second kappa shape index (κ2) is 4.75. The molecule has 1 fully saturated rings. The van der Waals surface area contributed by atoms with E-state index in [1.54, 1.807) is 0 Å². The van der Waals surface area contributed by atoms with Crippen molar-refractivity contribution >= 4 is 55.3 Å². The molecule has 5 nitrogen and oxygen atoms in total. The molecule has 5 heteroatoms. The zero-order chi connectivity index (χ0) is 19.7. The van der Waals surface area contributed by atoms with Crippen molar-refractivity contribution in [2.75, 3.05) is 0 Å². The van der Waals surface area contributed by atoms with Crippen molar-refractivity contribution in [3.8, 4) is 0 Å². The average molecular weight is 391 g/mol. The molecule has 2 bridgehead atoms. The van der Waals surface area contributed by atoms with Gasteiger partial charge in [-0.2, -0.15) is 0 Å². The Morgan fingerprint density at radius 3 is 2.30 bits per heavy atom. The number of ketones is 1. The van der Waals surface area contributed by atoms with Crippen LogP contribution in [0.1, 0.15) is 40.8 Å². The third-order valence-corrected chi connectivity index (χ3v) is 7.53. The molecule has 0 spiro atoms. The summed E-state index contributed by atoms with van der Waals surface area (Å²) in [7, 11) is 0. The minimum atomic E-state index is -0.165. The van der Waals surface area contributed by atoms with Gasteiger partial charge in [0.2, 0.25) is 0 Å². The number of fused-ring (bicyclic) bond motifs is 13. The summed E-state index contributed by atoms with van der Waals surface area (Å²) in [6, 6.07) is 16.7. The van der Waals surface area contributed by atoms with E-state index in [9.17, 15) is 9.59 Å². The van der Waals surface area contributed by atoms with E-state index in [4.69, 9.17) is 0 Å². The van der Waals surface area contributed by atoms with Gasteiger partial charge in [-0.1, -0.05) is 36.4 Å². The predicted octanol–water partition coefficient (Wildman–Crippen LogP) is 4.60. The minimum Gasteiger partial charge on any atom is -0.348 e. The quantitative estimate of drug-likeness (QED) is 0.419. The first-order valence-corrected chi connectivity index (χ1v) is 10.5. The van der Waals surface area contributed by atoms with Gasteiger partial charge in [0, 0.05) is 51.6 Å². The van der Waals surface area contributed by atoms with E-state index < -0.39 is 0 Å². The highest BCUT2D eigenvalue weighted by molar-refractivity contribution is 6.31. The number of amides is 1. The molecule has 5 aromatic rings. The summed E-state index contributed by atoms with van der Waals surface area (Å²) in [6.45, 7) is 0.557. The lowest BCUT2D eigenvalue weighted by atomic mass is 9.97. The number of para-hydroxylation sites is 2. The highest BCUT2D eigenvalue weighted by atomic mass is 16.2. The molecule has 2 atom stereocenters. The molecule has 2 aromatic heterocycles. The van der Waals surface area contributed by atoms with Crippen LogP contribution in [0.2, 0.25) is 0 Å². The topological polar surface area (TPSA) is 56.0 Å². The molecule has 30 heavy (non-hydrogen) atoms. The Bertz CT molecular complexity index is 1650. The third kappa shape index (κ3) is 1.47. The third-order valence-electron chi connectivity index (χ3n) is 7.53. The van der Waals surface area contributed by atoms with Crippen molar-refractivity contribution in [3.05, 3.63) is 59.7 Å². The van der Waals surface area contributed by atoms with Crippen LogP contribution in [0.4, 0.5) is 0 Å². The maximum atomic E-state index is 13.2. The number of carbonyl (C=O) groups is 2. The lowest BCUT2D eigenvalue weighted by Crippen LogP contribution is -2.14. The summed E-state index contributed by atoms with van der Waals surface area (Å²) in [6.07, 6.45) is 1.38. The zero-order valence-electron chi connectivity index (χ0n) is 16.1. The number of carbonyl (C=O) groups excluding carboxylic acids is 2. The lowest BCUT2D eigenvalue weighted by Gasteiger charge is -2.15. The molecule has 3 aromatic carbocycles. The van der Waals surface area contributed by atoms with Gasteiger partial charge >= 0.3 is 0 Å². The predicted molar refractivity (Wildman–Crippen MR) is 116 cm³/mol. The molecule has 3 aliphatic rings. The first-order valence-electron chi connectivity index (χ1n) is 10.5. The van der Waals surface area contributed by atoms with Crippen LogP contribution in [0.5, 0.6) is 0 Å². The van der Waals surface area contributed by atoms with Crippen LogP contribution in [0.25, 0.3) is 43.6 Å². The molecule has 144 valence electrons. The van der Waals surface area contributed by atoms with E-state index in [1.807, 2.05) is 12.1 Å². The van der Waals surface area contributed by atoms with Crippen LogP contribution < -0.4 is 5.32 Å². The summed E-state index contributed by atoms with van der Waals surface area (Å²) in [5.41, 5.74) is 6.36. The van der Waals surface area contributed by atoms with Crippen LogP contribution in [0.15, 0.2) is 48.5 Å². The summed E-state index contributed by atoms with van der Waals surface area (Å²) >= 11 is 0. The smallest absolute Gasteiger partial charge is 0.252 e.